The van der Waals surface area contributed by atoms with Crippen LogP contribution >= 0.6 is 11.6 Å². The third-order valence-electron chi connectivity index (χ3n) is 5.35. The summed E-state index contributed by atoms with van der Waals surface area (Å²) >= 11 is 5.97. The highest BCUT2D eigenvalue weighted by molar-refractivity contribution is 6.30. The molecule has 152 valence electrons. The molecule has 2 aromatic heterocycles. The summed E-state index contributed by atoms with van der Waals surface area (Å²) in [5.41, 5.74) is 3.95. The number of nitrogens with one attached hydrogen (secondary N) is 1. The minimum Gasteiger partial charge on any atom is -0.370 e. The van der Waals surface area contributed by atoms with Crippen LogP contribution in [-0.4, -0.2) is 39.9 Å². The van der Waals surface area contributed by atoms with Crippen LogP contribution in [0.15, 0.2) is 48.9 Å². The lowest BCUT2D eigenvalue weighted by molar-refractivity contribution is 0.0398. The summed E-state index contributed by atoms with van der Waals surface area (Å²) in [6.45, 7) is 3.82. The van der Waals surface area contributed by atoms with Gasteiger partial charge in [-0.15, -0.1) is 0 Å². The van der Waals surface area contributed by atoms with Gasteiger partial charge in [0.2, 0.25) is 0 Å². The fourth-order valence-corrected chi connectivity index (χ4v) is 4.01. The molecule has 0 spiro atoms. The second-order valence-electron chi connectivity index (χ2n) is 7.30. The van der Waals surface area contributed by atoms with E-state index in [4.69, 9.17) is 16.3 Å². The average Bonchev–Trinajstić information content (AvgIpc) is 3.28. The molecular weight excluding hydrogens is 405 g/mol. The van der Waals surface area contributed by atoms with Gasteiger partial charge in [0.15, 0.2) is 0 Å². The van der Waals surface area contributed by atoms with Gasteiger partial charge < -0.3 is 9.64 Å². The van der Waals surface area contributed by atoms with E-state index in [0.29, 0.717) is 29.6 Å². The first kappa shape index (κ1) is 19.0. The Morgan fingerprint density at radius 2 is 2.10 bits per heavy atom. The van der Waals surface area contributed by atoms with Crippen molar-refractivity contribution in [1.29, 1.82) is 0 Å². The van der Waals surface area contributed by atoms with E-state index < -0.39 is 0 Å². The summed E-state index contributed by atoms with van der Waals surface area (Å²) in [4.78, 5) is 11.2. The third-order valence-corrected chi connectivity index (χ3v) is 5.58. The molecule has 2 aromatic carbocycles. The van der Waals surface area contributed by atoms with Gasteiger partial charge in [0, 0.05) is 52.7 Å². The van der Waals surface area contributed by atoms with Crippen molar-refractivity contribution >= 4 is 28.2 Å². The number of aromatic amines is 1. The predicted molar refractivity (Wildman–Crippen MR) is 114 cm³/mol. The van der Waals surface area contributed by atoms with Crippen molar-refractivity contribution in [2.45, 2.75) is 13.0 Å². The number of rotatable bonds is 3. The van der Waals surface area contributed by atoms with E-state index in [-0.39, 0.29) is 11.9 Å². The van der Waals surface area contributed by atoms with E-state index in [1.807, 2.05) is 25.3 Å². The highest BCUT2D eigenvalue weighted by Crippen LogP contribution is 2.36. The fraction of sp³-hybridized carbons (Fsp3) is 0.227. The molecule has 4 aromatic rings. The average molecular weight is 424 g/mol. The SMILES string of the molecule is Cc1ncc2c(-c3ccc(Cl)cc3F)cc(N3CCO[C@@H](c4cn[nH]c4)C3)cc2n1. The van der Waals surface area contributed by atoms with Gasteiger partial charge in [0.1, 0.15) is 17.7 Å². The number of anilines is 1. The van der Waals surface area contributed by atoms with Gasteiger partial charge >= 0.3 is 0 Å². The largest absolute Gasteiger partial charge is 0.370 e. The molecule has 1 aliphatic heterocycles. The molecule has 0 saturated carbocycles. The maximum absolute atomic E-state index is 14.8. The van der Waals surface area contributed by atoms with Crippen LogP contribution in [0.3, 0.4) is 0 Å². The normalized spacial score (nSPS) is 16.9. The standard InChI is InChI=1S/C22H19ClFN5O/c1-13-25-11-19-18(17-3-2-15(23)6-20(17)24)7-16(8-21(19)28-13)29-4-5-30-22(12-29)14-9-26-27-10-14/h2-3,6-11,22H,4-5,12H2,1H3,(H,26,27)/t22-/m1/s1. The van der Waals surface area contributed by atoms with Crippen LogP contribution < -0.4 is 4.90 Å². The molecule has 5 rings (SSSR count). The van der Waals surface area contributed by atoms with Crippen molar-refractivity contribution in [2.24, 2.45) is 0 Å². The zero-order chi connectivity index (χ0) is 20.7. The van der Waals surface area contributed by atoms with Crippen LogP contribution in [0.1, 0.15) is 17.5 Å². The number of fused-ring (bicyclic) bond motifs is 1. The summed E-state index contributed by atoms with van der Waals surface area (Å²) < 4.78 is 20.7. The Kier molecular flexibility index (Phi) is 4.84. The van der Waals surface area contributed by atoms with Crippen molar-refractivity contribution in [3.05, 3.63) is 71.2 Å². The molecule has 0 aliphatic carbocycles. The summed E-state index contributed by atoms with van der Waals surface area (Å²) in [6.07, 6.45) is 5.29. The second kappa shape index (κ2) is 7.66. The van der Waals surface area contributed by atoms with Crippen LogP contribution in [0.5, 0.6) is 0 Å². The maximum Gasteiger partial charge on any atom is 0.132 e. The van der Waals surface area contributed by atoms with E-state index >= 15 is 0 Å². The Morgan fingerprint density at radius 1 is 1.20 bits per heavy atom. The van der Waals surface area contributed by atoms with Gasteiger partial charge in [0.25, 0.3) is 0 Å². The van der Waals surface area contributed by atoms with Crippen molar-refractivity contribution in [1.82, 2.24) is 20.2 Å². The number of nitrogens with zero attached hydrogens (tertiary/aromatic N) is 4. The summed E-state index contributed by atoms with van der Waals surface area (Å²) in [6, 6.07) is 8.74. The van der Waals surface area contributed by atoms with Crippen LogP contribution in [0.4, 0.5) is 10.1 Å². The second-order valence-corrected chi connectivity index (χ2v) is 7.74. The number of hydrogen-bond acceptors (Lipinski definition) is 5. The number of aromatic nitrogens is 4. The van der Waals surface area contributed by atoms with Crippen LogP contribution in [0.2, 0.25) is 5.02 Å². The molecule has 1 saturated heterocycles. The number of H-pyrrole nitrogens is 1. The van der Waals surface area contributed by atoms with Gasteiger partial charge in [-0.05, 0) is 42.8 Å². The van der Waals surface area contributed by atoms with Crippen molar-refractivity contribution in [3.8, 4) is 11.1 Å². The van der Waals surface area contributed by atoms with Gasteiger partial charge in [-0.1, -0.05) is 11.6 Å². The van der Waals surface area contributed by atoms with Crippen molar-refractivity contribution in [2.75, 3.05) is 24.6 Å². The highest BCUT2D eigenvalue weighted by Gasteiger charge is 2.24. The first-order chi connectivity index (χ1) is 14.6. The molecule has 0 amide bonds. The molecule has 0 radical (unpaired) electrons. The monoisotopic (exact) mass is 423 g/mol. The van der Waals surface area contributed by atoms with Crippen LogP contribution in [0, 0.1) is 12.7 Å². The molecule has 8 heteroatoms. The molecule has 1 aliphatic rings. The minimum atomic E-state index is -0.375. The maximum atomic E-state index is 14.8. The Balaban J connectivity index is 1.62. The van der Waals surface area contributed by atoms with Gasteiger partial charge in [0.05, 0.1) is 18.3 Å². The summed E-state index contributed by atoms with van der Waals surface area (Å²) in [5, 5.41) is 8.02. The van der Waals surface area contributed by atoms with E-state index in [9.17, 15) is 4.39 Å². The number of ether oxygens (including phenoxy) is 1. The lowest BCUT2D eigenvalue weighted by atomic mass is 9.99. The van der Waals surface area contributed by atoms with Gasteiger partial charge in [-0.2, -0.15) is 5.10 Å². The van der Waals surface area contributed by atoms with Gasteiger partial charge in [-0.3, -0.25) is 5.10 Å². The number of aryl methyl sites for hydroxylation is 1. The fourth-order valence-electron chi connectivity index (χ4n) is 3.85. The van der Waals surface area contributed by atoms with Crippen LogP contribution in [0.25, 0.3) is 22.0 Å². The van der Waals surface area contributed by atoms with Crippen molar-refractivity contribution in [3.63, 3.8) is 0 Å². The number of halogens is 2. The minimum absolute atomic E-state index is 0.0870. The Hall–Kier alpha value is -3.03. The number of benzene rings is 2. The molecule has 1 N–H and O–H groups in total. The zero-order valence-corrected chi connectivity index (χ0v) is 17.0. The van der Waals surface area contributed by atoms with Crippen LogP contribution in [-0.2, 0) is 4.74 Å². The molecule has 3 heterocycles. The van der Waals surface area contributed by atoms with Crippen molar-refractivity contribution < 1.29 is 9.13 Å². The zero-order valence-electron chi connectivity index (χ0n) is 16.3. The molecule has 6 nitrogen and oxygen atoms in total. The Labute approximate surface area is 177 Å². The topological polar surface area (TPSA) is 66.9 Å². The smallest absolute Gasteiger partial charge is 0.132 e. The van der Waals surface area contributed by atoms with E-state index in [0.717, 1.165) is 34.3 Å². The van der Waals surface area contributed by atoms with Gasteiger partial charge in [-0.25, -0.2) is 14.4 Å². The summed E-state index contributed by atoms with van der Waals surface area (Å²) in [7, 11) is 0. The molecule has 0 bridgehead atoms. The predicted octanol–water partition coefficient (Wildman–Crippen LogP) is 4.70. The first-order valence-electron chi connectivity index (χ1n) is 9.66. The molecule has 0 unspecified atom stereocenters. The quantitative estimate of drug-likeness (QED) is 0.517. The highest BCUT2D eigenvalue weighted by atomic mass is 35.5. The Bertz CT molecular complexity index is 1210. The molecule has 30 heavy (non-hydrogen) atoms. The third kappa shape index (κ3) is 3.51. The summed E-state index contributed by atoms with van der Waals surface area (Å²) in [5.74, 6) is 0.292. The molecular formula is C22H19ClFN5O. The van der Waals surface area contributed by atoms with E-state index in [1.165, 1.54) is 6.07 Å². The lowest BCUT2D eigenvalue weighted by Gasteiger charge is -2.34. The van der Waals surface area contributed by atoms with E-state index in [1.54, 1.807) is 24.5 Å². The number of hydrogen-bond donors (Lipinski definition) is 1. The lowest BCUT2D eigenvalue weighted by Crippen LogP contribution is -2.38. The molecule has 1 fully saturated rings. The Morgan fingerprint density at radius 3 is 2.90 bits per heavy atom. The first-order valence-corrected chi connectivity index (χ1v) is 10.0. The molecule has 1 atom stereocenters. The number of morpholine rings is 1. The van der Waals surface area contributed by atoms with E-state index in [2.05, 4.69) is 25.1 Å².